The van der Waals surface area contributed by atoms with E-state index in [1.807, 2.05) is 0 Å². The minimum Gasteiger partial charge on any atom is -0.320 e. The molecule has 0 amide bonds. The van der Waals surface area contributed by atoms with Crippen molar-refractivity contribution in [3.05, 3.63) is 58.5 Å². The number of halogens is 2. The number of benzene rings is 1. The van der Waals surface area contributed by atoms with Gasteiger partial charge in [0.15, 0.2) is 0 Å². The van der Waals surface area contributed by atoms with Gasteiger partial charge in [0.1, 0.15) is 10.8 Å². The number of rotatable bonds is 3. The number of thioether (sulfide) groups is 1. The molecule has 0 aliphatic heterocycles. The third kappa shape index (κ3) is 3.97. The van der Waals surface area contributed by atoms with Gasteiger partial charge in [-0.15, -0.1) is 11.8 Å². The van der Waals surface area contributed by atoms with Gasteiger partial charge >= 0.3 is 0 Å². The van der Waals surface area contributed by atoms with Crippen LogP contribution in [0.2, 0.25) is 5.02 Å². The highest BCUT2D eigenvalue weighted by atomic mass is 35.5. The Hall–Kier alpha value is -1.54. The Morgan fingerprint density at radius 1 is 1.35 bits per heavy atom. The van der Waals surface area contributed by atoms with Gasteiger partial charge in [-0.1, -0.05) is 29.5 Å². The quantitative estimate of drug-likeness (QED) is 0.697. The molecule has 0 bridgehead atoms. The molecule has 1 heterocycles. The summed E-state index contributed by atoms with van der Waals surface area (Å²) < 4.78 is 13.9. The summed E-state index contributed by atoms with van der Waals surface area (Å²) in [5, 5.41) is 1.27. The number of pyridine rings is 1. The lowest BCUT2D eigenvalue weighted by Crippen LogP contribution is -1.94. The third-order valence-electron chi connectivity index (χ3n) is 2.48. The molecule has 2 N–H and O–H groups in total. The Balaban J connectivity index is 2.09. The molecule has 0 aliphatic carbocycles. The van der Waals surface area contributed by atoms with E-state index in [0.29, 0.717) is 26.9 Å². The van der Waals surface area contributed by atoms with E-state index in [4.69, 9.17) is 17.3 Å². The molecule has 102 valence electrons. The van der Waals surface area contributed by atoms with Crippen LogP contribution < -0.4 is 5.73 Å². The van der Waals surface area contributed by atoms with Crippen molar-refractivity contribution in [2.24, 2.45) is 5.73 Å². The van der Waals surface area contributed by atoms with Crippen LogP contribution in [0.25, 0.3) is 0 Å². The van der Waals surface area contributed by atoms with E-state index < -0.39 is 0 Å². The van der Waals surface area contributed by atoms with Gasteiger partial charge in [-0.3, -0.25) is 0 Å². The molecular weight excluding hydrogens is 295 g/mol. The summed E-state index contributed by atoms with van der Waals surface area (Å²) in [5.74, 6) is 5.68. The molecule has 0 saturated carbocycles. The standard InChI is InChI=1S/C15H12ClFN2S/c16-13-4-2-8-19-15(13)20-10-12-6-5-11(3-1-7-18)9-14(12)17/h2,4-6,8-9H,7,10,18H2. The normalized spacial score (nSPS) is 9.95. The summed E-state index contributed by atoms with van der Waals surface area (Å²) in [5.41, 5.74) is 6.50. The summed E-state index contributed by atoms with van der Waals surface area (Å²) in [6.45, 7) is 0.261. The van der Waals surface area contributed by atoms with Gasteiger partial charge in [0.2, 0.25) is 0 Å². The second-order valence-corrected chi connectivity index (χ2v) is 5.26. The number of aromatic nitrogens is 1. The van der Waals surface area contributed by atoms with E-state index in [1.165, 1.54) is 17.8 Å². The average Bonchev–Trinajstić information content (AvgIpc) is 2.45. The molecular formula is C15H12ClFN2S. The SMILES string of the molecule is NCC#Cc1ccc(CSc2ncccc2Cl)c(F)c1. The molecule has 2 rings (SSSR count). The summed E-state index contributed by atoms with van der Waals surface area (Å²) in [4.78, 5) is 4.15. The van der Waals surface area contributed by atoms with Gasteiger partial charge in [-0.25, -0.2) is 9.37 Å². The van der Waals surface area contributed by atoms with E-state index in [0.717, 1.165) is 0 Å². The molecule has 0 unspecified atom stereocenters. The Morgan fingerprint density at radius 2 is 2.20 bits per heavy atom. The van der Waals surface area contributed by atoms with Crippen LogP contribution >= 0.6 is 23.4 Å². The zero-order valence-corrected chi connectivity index (χ0v) is 12.1. The summed E-state index contributed by atoms with van der Waals surface area (Å²) in [7, 11) is 0. The van der Waals surface area contributed by atoms with Crippen LogP contribution in [0.15, 0.2) is 41.6 Å². The van der Waals surface area contributed by atoms with Crippen molar-refractivity contribution < 1.29 is 4.39 Å². The second kappa shape index (κ2) is 7.30. The van der Waals surface area contributed by atoms with Crippen molar-refractivity contribution in [3.63, 3.8) is 0 Å². The van der Waals surface area contributed by atoms with Crippen LogP contribution in [0.3, 0.4) is 0 Å². The van der Waals surface area contributed by atoms with Crippen molar-refractivity contribution in [1.29, 1.82) is 0 Å². The first kappa shape index (κ1) is 14.9. The van der Waals surface area contributed by atoms with E-state index in [2.05, 4.69) is 16.8 Å². The van der Waals surface area contributed by atoms with Gasteiger partial charge in [0, 0.05) is 17.5 Å². The fourth-order valence-corrected chi connectivity index (χ4v) is 2.67. The fourth-order valence-electron chi connectivity index (χ4n) is 1.52. The molecule has 0 fully saturated rings. The van der Waals surface area contributed by atoms with Gasteiger partial charge < -0.3 is 5.73 Å². The lowest BCUT2D eigenvalue weighted by molar-refractivity contribution is 0.617. The molecule has 2 aromatic rings. The monoisotopic (exact) mass is 306 g/mol. The molecule has 5 heteroatoms. The molecule has 0 saturated heterocycles. The minimum atomic E-state index is -0.284. The molecule has 1 aromatic carbocycles. The van der Waals surface area contributed by atoms with Crippen molar-refractivity contribution in [1.82, 2.24) is 4.98 Å². The lowest BCUT2D eigenvalue weighted by atomic mass is 10.1. The van der Waals surface area contributed by atoms with Crippen LogP contribution in [-0.2, 0) is 5.75 Å². The Morgan fingerprint density at radius 3 is 2.90 bits per heavy atom. The van der Waals surface area contributed by atoms with Crippen molar-refractivity contribution in [2.45, 2.75) is 10.8 Å². The third-order valence-corrected chi connectivity index (χ3v) is 3.95. The molecule has 0 aliphatic rings. The van der Waals surface area contributed by atoms with Gasteiger partial charge in [0.25, 0.3) is 0 Å². The van der Waals surface area contributed by atoms with Gasteiger partial charge in [-0.05, 0) is 29.8 Å². The molecule has 0 radical (unpaired) electrons. The Labute approximate surface area is 126 Å². The lowest BCUT2D eigenvalue weighted by Gasteiger charge is -2.04. The molecule has 1 aromatic heterocycles. The van der Waals surface area contributed by atoms with Crippen molar-refractivity contribution in [3.8, 4) is 11.8 Å². The maximum absolute atomic E-state index is 13.9. The Kier molecular flexibility index (Phi) is 5.42. The highest BCUT2D eigenvalue weighted by molar-refractivity contribution is 7.98. The van der Waals surface area contributed by atoms with E-state index in [9.17, 15) is 4.39 Å². The highest BCUT2D eigenvalue weighted by Crippen LogP contribution is 2.28. The number of nitrogens with zero attached hydrogens (tertiary/aromatic N) is 1. The van der Waals surface area contributed by atoms with E-state index >= 15 is 0 Å². The Bertz CT molecular complexity index is 664. The van der Waals surface area contributed by atoms with Crippen LogP contribution in [0, 0.1) is 17.7 Å². The van der Waals surface area contributed by atoms with E-state index in [-0.39, 0.29) is 12.4 Å². The van der Waals surface area contributed by atoms with Crippen LogP contribution in [0.1, 0.15) is 11.1 Å². The topological polar surface area (TPSA) is 38.9 Å². The largest absolute Gasteiger partial charge is 0.320 e. The molecule has 2 nitrogen and oxygen atoms in total. The van der Waals surface area contributed by atoms with Crippen molar-refractivity contribution >= 4 is 23.4 Å². The molecule has 20 heavy (non-hydrogen) atoms. The van der Waals surface area contributed by atoms with Crippen LogP contribution in [-0.4, -0.2) is 11.5 Å². The molecule has 0 atom stereocenters. The fraction of sp³-hybridized carbons (Fsp3) is 0.133. The predicted molar refractivity (Wildman–Crippen MR) is 81.1 cm³/mol. The van der Waals surface area contributed by atoms with Crippen LogP contribution in [0.5, 0.6) is 0 Å². The van der Waals surface area contributed by atoms with Crippen LogP contribution in [0.4, 0.5) is 4.39 Å². The summed E-state index contributed by atoms with van der Waals surface area (Å²) in [6, 6.07) is 8.44. The highest BCUT2D eigenvalue weighted by Gasteiger charge is 2.06. The first-order valence-corrected chi connectivity index (χ1v) is 7.27. The maximum atomic E-state index is 13.9. The first-order valence-electron chi connectivity index (χ1n) is 5.91. The smallest absolute Gasteiger partial charge is 0.128 e. The predicted octanol–water partition coefficient (Wildman–Crippen LogP) is 3.48. The minimum absolute atomic E-state index is 0.261. The van der Waals surface area contributed by atoms with Gasteiger partial charge in [0.05, 0.1) is 11.6 Å². The number of hydrogen-bond acceptors (Lipinski definition) is 3. The summed E-state index contributed by atoms with van der Waals surface area (Å²) in [6.07, 6.45) is 1.66. The zero-order valence-electron chi connectivity index (χ0n) is 10.6. The zero-order chi connectivity index (χ0) is 14.4. The maximum Gasteiger partial charge on any atom is 0.128 e. The number of nitrogens with two attached hydrogens (primary N) is 1. The average molecular weight is 307 g/mol. The first-order chi connectivity index (χ1) is 9.70. The van der Waals surface area contributed by atoms with E-state index in [1.54, 1.807) is 30.5 Å². The molecule has 0 spiro atoms. The second-order valence-electron chi connectivity index (χ2n) is 3.89. The van der Waals surface area contributed by atoms with Gasteiger partial charge in [-0.2, -0.15) is 0 Å². The summed E-state index contributed by atoms with van der Waals surface area (Å²) >= 11 is 7.40. The van der Waals surface area contributed by atoms with Crippen molar-refractivity contribution in [2.75, 3.05) is 6.54 Å². The number of hydrogen-bond donors (Lipinski definition) is 1.